The number of ether oxygens (including phenoxy) is 1. The van der Waals surface area contributed by atoms with Gasteiger partial charge in [0.15, 0.2) is 5.11 Å². The van der Waals surface area contributed by atoms with E-state index in [0.29, 0.717) is 27.3 Å². The zero-order chi connectivity index (χ0) is 16.3. The minimum absolute atomic E-state index is 0.239. The van der Waals surface area contributed by atoms with Gasteiger partial charge >= 0.3 is 0 Å². The third-order valence-electron chi connectivity index (χ3n) is 2.91. The maximum atomic E-state index is 13.0. The average molecular weight is 359 g/mol. The Kier molecular flexibility index (Phi) is 5.45. The molecule has 0 aromatic heterocycles. The lowest BCUT2D eigenvalue weighted by Gasteiger charge is -2.15. The zero-order valence-electron chi connectivity index (χ0n) is 11.8. The molecule has 0 unspecified atom stereocenters. The Balaban J connectivity index is 2.17. The number of aryl methyl sites for hydroxylation is 1. The highest BCUT2D eigenvalue weighted by Gasteiger charge is 2.10. The number of rotatable bonds is 3. The Hall–Kier alpha value is -1.56. The standard InChI is InChI=1S/C15H13Cl2FN2OS/c1-8-5-13(14(21-2)7-10(8)16)20-15(22)19-12-4-3-9(18)6-11(12)17/h3-7H,1-2H3,(H2,19,20,22). The molecule has 0 bridgehead atoms. The summed E-state index contributed by atoms with van der Waals surface area (Å²) < 4.78 is 18.3. The van der Waals surface area contributed by atoms with Crippen LogP contribution in [-0.2, 0) is 0 Å². The third-order valence-corrected chi connectivity index (χ3v) is 3.83. The molecule has 0 saturated heterocycles. The van der Waals surface area contributed by atoms with Crippen molar-refractivity contribution in [1.29, 1.82) is 0 Å². The minimum atomic E-state index is -0.413. The summed E-state index contributed by atoms with van der Waals surface area (Å²) in [4.78, 5) is 0. The van der Waals surface area contributed by atoms with Crippen molar-refractivity contribution in [2.24, 2.45) is 0 Å². The summed E-state index contributed by atoms with van der Waals surface area (Å²) in [5.41, 5.74) is 2.05. The fourth-order valence-electron chi connectivity index (χ4n) is 1.80. The molecule has 0 amide bonds. The summed E-state index contributed by atoms with van der Waals surface area (Å²) in [5, 5.41) is 7.05. The first-order valence-corrected chi connectivity index (χ1v) is 7.44. The van der Waals surface area contributed by atoms with E-state index in [2.05, 4.69) is 10.6 Å². The quantitative estimate of drug-likeness (QED) is 0.733. The van der Waals surface area contributed by atoms with Crippen LogP contribution in [0.4, 0.5) is 15.8 Å². The molecule has 2 aromatic carbocycles. The second-order valence-corrected chi connectivity index (χ2v) is 5.73. The van der Waals surface area contributed by atoms with Crippen LogP contribution in [-0.4, -0.2) is 12.2 Å². The van der Waals surface area contributed by atoms with Gasteiger partial charge in [-0.15, -0.1) is 0 Å². The predicted molar refractivity (Wildman–Crippen MR) is 94.0 cm³/mol. The van der Waals surface area contributed by atoms with Gasteiger partial charge in [0, 0.05) is 11.1 Å². The molecule has 0 spiro atoms. The van der Waals surface area contributed by atoms with Gasteiger partial charge < -0.3 is 15.4 Å². The average Bonchev–Trinajstić information content (AvgIpc) is 2.45. The monoisotopic (exact) mass is 358 g/mol. The molecule has 2 aromatic rings. The van der Waals surface area contributed by atoms with Crippen molar-refractivity contribution in [3.8, 4) is 5.75 Å². The van der Waals surface area contributed by atoms with Crippen molar-refractivity contribution >= 4 is 51.9 Å². The van der Waals surface area contributed by atoms with Gasteiger partial charge in [-0.2, -0.15) is 0 Å². The van der Waals surface area contributed by atoms with Gasteiger partial charge in [0.05, 0.1) is 23.5 Å². The fourth-order valence-corrected chi connectivity index (χ4v) is 2.38. The summed E-state index contributed by atoms with van der Waals surface area (Å²) in [6, 6.07) is 7.54. The summed E-state index contributed by atoms with van der Waals surface area (Å²) in [6.45, 7) is 1.88. The van der Waals surface area contributed by atoms with E-state index in [0.717, 1.165) is 5.56 Å². The molecule has 7 heteroatoms. The Labute approximate surface area is 143 Å². The molecular weight excluding hydrogens is 346 g/mol. The van der Waals surface area contributed by atoms with Crippen LogP contribution in [0, 0.1) is 12.7 Å². The first-order valence-electron chi connectivity index (χ1n) is 6.28. The largest absolute Gasteiger partial charge is 0.495 e. The molecule has 2 N–H and O–H groups in total. The van der Waals surface area contributed by atoms with Crippen molar-refractivity contribution in [2.45, 2.75) is 6.92 Å². The highest BCUT2D eigenvalue weighted by atomic mass is 35.5. The number of hydrogen-bond donors (Lipinski definition) is 2. The summed E-state index contributed by atoms with van der Waals surface area (Å²) in [7, 11) is 1.54. The Morgan fingerprint density at radius 1 is 1.09 bits per heavy atom. The lowest BCUT2D eigenvalue weighted by atomic mass is 10.2. The second kappa shape index (κ2) is 7.13. The van der Waals surface area contributed by atoms with Crippen molar-refractivity contribution in [3.05, 3.63) is 51.8 Å². The molecule has 22 heavy (non-hydrogen) atoms. The maximum Gasteiger partial charge on any atom is 0.175 e. The smallest absolute Gasteiger partial charge is 0.175 e. The molecular formula is C15H13Cl2FN2OS. The van der Waals surface area contributed by atoms with Crippen LogP contribution >= 0.6 is 35.4 Å². The predicted octanol–water partition coefficient (Wildman–Crippen LogP) is 5.26. The van der Waals surface area contributed by atoms with E-state index in [-0.39, 0.29) is 5.02 Å². The van der Waals surface area contributed by atoms with Crippen LogP contribution in [0.5, 0.6) is 5.75 Å². The fraction of sp³-hybridized carbons (Fsp3) is 0.133. The molecule has 116 valence electrons. The van der Waals surface area contributed by atoms with Gasteiger partial charge in [-0.25, -0.2) is 4.39 Å². The highest BCUT2D eigenvalue weighted by molar-refractivity contribution is 7.80. The molecule has 0 atom stereocenters. The molecule has 0 aliphatic rings. The van der Waals surface area contributed by atoms with Crippen LogP contribution in [0.1, 0.15) is 5.56 Å². The number of benzene rings is 2. The molecule has 0 aliphatic heterocycles. The van der Waals surface area contributed by atoms with Gasteiger partial charge in [0.25, 0.3) is 0 Å². The van der Waals surface area contributed by atoms with Crippen LogP contribution < -0.4 is 15.4 Å². The van der Waals surface area contributed by atoms with Crippen LogP contribution in [0.2, 0.25) is 10.0 Å². The number of halogens is 3. The summed E-state index contributed by atoms with van der Waals surface area (Å²) >= 11 is 17.2. The zero-order valence-corrected chi connectivity index (χ0v) is 14.2. The van der Waals surface area contributed by atoms with E-state index in [1.807, 2.05) is 13.0 Å². The van der Waals surface area contributed by atoms with Crippen molar-refractivity contribution in [3.63, 3.8) is 0 Å². The van der Waals surface area contributed by atoms with E-state index in [9.17, 15) is 4.39 Å². The van der Waals surface area contributed by atoms with E-state index < -0.39 is 5.82 Å². The van der Waals surface area contributed by atoms with Crippen LogP contribution in [0.15, 0.2) is 30.3 Å². The number of thiocarbonyl (C=S) groups is 1. The SMILES string of the molecule is COc1cc(Cl)c(C)cc1NC(=S)Nc1ccc(F)cc1Cl. The van der Waals surface area contributed by atoms with Crippen LogP contribution in [0.3, 0.4) is 0 Å². The first kappa shape index (κ1) is 16.8. The Morgan fingerprint density at radius 2 is 1.77 bits per heavy atom. The van der Waals surface area contributed by atoms with E-state index >= 15 is 0 Å². The van der Waals surface area contributed by atoms with E-state index in [4.69, 9.17) is 40.2 Å². The van der Waals surface area contributed by atoms with Gasteiger partial charge in [-0.05, 0) is 49.0 Å². The highest BCUT2D eigenvalue weighted by Crippen LogP contribution is 2.31. The van der Waals surface area contributed by atoms with Crippen molar-refractivity contribution < 1.29 is 9.13 Å². The number of hydrogen-bond acceptors (Lipinski definition) is 2. The minimum Gasteiger partial charge on any atom is -0.495 e. The molecule has 0 aliphatic carbocycles. The van der Waals surface area contributed by atoms with Crippen molar-refractivity contribution in [1.82, 2.24) is 0 Å². The third kappa shape index (κ3) is 4.00. The van der Waals surface area contributed by atoms with E-state index in [1.165, 1.54) is 18.2 Å². The van der Waals surface area contributed by atoms with Crippen molar-refractivity contribution in [2.75, 3.05) is 17.7 Å². The molecule has 3 nitrogen and oxygen atoms in total. The number of anilines is 2. The normalized spacial score (nSPS) is 10.2. The molecule has 0 radical (unpaired) electrons. The molecule has 2 rings (SSSR count). The summed E-state index contributed by atoms with van der Waals surface area (Å²) in [6.07, 6.45) is 0. The Morgan fingerprint density at radius 3 is 2.41 bits per heavy atom. The van der Waals surface area contributed by atoms with E-state index in [1.54, 1.807) is 13.2 Å². The molecule has 0 fully saturated rings. The van der Waals surface area contributed by atoms with Gasteiger partial charge in [0.2, 0.25) is 0 Å². The lowest BCUT2D eigenvalue weighted by molar-refractivity contribution is 0.417. The number of methoxy groups -OCH3 is 1. The summed E-state index contributed by atoms with van der Waals surface area (Å²) in [5.74, 6) is 0.148. The topological polar surface area (TPSA) is 33.3 Å². The Bertz CT molecular complexity index is 725. The second-order valence-electron chi connectivity index (χ2n) is 4.50. The lowest BCUT2D eigenvalue weighted by Crippen LogP contribution is -2.19. The number of nitrogens with one attached hydrogen (secondary N) is 2. The van der Waals surface area contributed by atoms with Gasteiger partial charge in [-0.3, -0.25) is 0 Å². The molecule has 0 heterocycles. The van der Waals surface area contributed by atoms with Gasteiger partial charge in [0.1, 0.15) is 11.6 Å². The molecule has 0 saturated carbocycles. The maximum absolute atomic E-state index is 13.0. The van der Waals surface area contributed by atoms with Crippen LogP contribution in [0.25, 0.3) is 0 Å². The first-order chi connectivity index (χ1) is 10.4. The van der Waals surface area contributed by atoms with Gasteiger partial charge in [-0.1, -0.05) is 23.2 Å².